The van der Waals surface area contributed by atoms with Crippen molar-refractivity contribution in [2.75, 3.05) is 12.0 Å². The van der Waals surface area contributed by atoms with E-state index in [0.29, 0.717) is 33.0 Å². The lowest BCUT2D eigenvalue weighted by molar-refractivity contribution is -0.113. The van der Waals surface area contributed by atoms with Gasteiger partial charge in [0.1, 0.15) is 23.9 Å². The van der Waals surface area contributed by atoms with Crippen LogP contribution in [-0.4, -0.2) is 17.3 Å². The van der Waals surface area contributed by atoms with E-state index in [4.69, 9.17) is 21.7 Å². The number of carbonyl (C=O) groups is 1. The van der Waals surface area contributed by atoms with Crippen molar-refractivity contribution in [1.82, 2.24) is 0 Å². The zero-order chi connectivity index (χ0) is 21.8. The van der Waals surface area contributed by atoms with Crippen molar-refractivity contribution in [3.8, 4) is 11.5 Å². The summed E-state index contributed by atoms with van der Waals surface area (Å²) in [5.41, 5.74) is 2.45. The first-order chi connectivity index (χ1) is 15.0. The van der Waals surface area contributed by atoms with Crippen LogP contribution in [0.3, 0.4) is 0 Å². The maximum Gasteiger partial charge on any atom is 0.270 e. The molecule has 4 nitrogen and oxygen atoms in total. The predicted molar refractivity (Wildman–Crippen MR) is 126 cm³/mol. The summed E-state index contributed by atoms with van der Waals surface area (Å²) in [6.45, 7) is 0.347. The molecular weight excluding hydrogens is 433 g/mol. The highest BCUT2D eigenvalue weighted by Crippen LogP contribution is 2.36. The summed E-state index contributed by atoms with van der Waals surface area (Å²) in [6.07, 6.45) is 1.81. The van der Waals surface area contributed by atoms with Gasteiger partial charge in [0.05, 0.1) is 17.7 Å². The lowest BCUT2D eigenvalue weighted by Gasteiger charge is -2.14. The smallest absolute Gasteiger partial charge is 0.270 e. The Labute approximate surface area is 189 Å². The number of benzene rings is 3. The number of hydrogen-bond acceptors (Lipinski definition) is 5. The summed E-state index contributed by atoms with van der Waals surface area (Å²) < 4.78 is 24.4. The van der Waals surface area contributed by atoms with E-state index in [1.165, 1.54) is 28.8 Å². The first-order valence-electron chi connectivity index (χ1n) is 9.43. The van der Waals surface area contributed by atoms with Gasteiger partial charge in [-0.05, 0) is 65.7 Å². The van der Waals surface area contributed by atoms with E-state index < -0.39 is 0 Å². The second kappa shape index (κ2) is 9.32. The Morgan fingerprint density at radius 1 is 0.968 bits per heavy atom. The van der Waals surface area contributed by atoms with Crippen LogP contribution >= 0.6 is 24.0 Å². The summed E-state index contributed by atoms with van der Waals surface area (Å²) in [6, 6.07) is 20.8. The van der Waals surface area contributed by atoms with Crippen LogP contribution in [-0.2, 0) is 11.4 Å². The van der Waals surface area contributed by atoms with Crippen molar-refractivity contribution < 1.29 is 18.7 Å². The second-order valence-electron chi connectivity index (χ2n) is 6.70. The van der Waals surface area contributed by atoms with Gasteiger partial charge < -0.3 is 9.47 Å². The monoisotopic (exact) mass is 451 g/mol. The van der Waals surface area contributed by atoms with Gasteiger partial charge in [0.25, 0.3) is 5.91 Å². The van der Waals surface area contributed by atoms with Crippen LogP contribution in [0.5, 0.6) is 11.5 Å². The standard InChI is InChI=1S/C24H18FNO3S2/c1-28-20-12-8-19(9-13-20)26-23(27)22(31-24(26)30)14-16-4-10-21(11-5-16)29-15-17-2-6-18(25)7-3-17/h2-14H,15H2,1H3/b22-14+. The highest BCUT2D eigenvalue weighted by atomic mass is 32.2. The van der Waals surface area contributed by atoms with Gasteiger partial charge in [0, 0.05) is 0 Å². The third-order valence-corrected chi connectivity index (χ3v) is 5.92. The van der Waals surface area contributed by atoms with Gasteiger partial charge >= 0.3 is 0 Å². The number of hydrogen-bond donors (Lipinski definition) is 0. The molecule has 3 aromatic carbocycles. The molecule has 0 spiro atoms. The number of thiocarbonyl (C=S) groups is 1. The molecule has 0 bridgehead atoms. The molecule has 0 atom stereocenters. The minimum Gasteiger partial charge on any atom is -0.497 e. The van der Waals surface area contributed by atoms with Crippen molar-refractivity contribution in [3.63, 3.8) is 0 Å². The molecule has 0 aliphatic carbocycles. The molecule has 1 aliphatic heterocycles. The normalized spacial score (nSPS) is 14.9. The highest BCUT2D eigenvalue weighted by molar-refractivity contribution is 8.27. The van der Waals surface area contributed by atoms with Crippen molar-refractivity contribution >= 4 is 46.0 Å². The average Bonchev–Trinajstić information content (AvgIpc) is 3.07. The van der Waals surface area contributed by atoms with Gasteiger partial charge in [-0.1, -0.05) is 48.2 Å². The van der Waals surface area contributed by atoms with E-state index in [2.05, 4.69) is 0 Å². The van der Waals surface area contributed by atoms with Crippen LogP contribution in [0.4, 0.5) is 10.1 Å². The Kier molecular flexibility index (Phi) is 6.34. The fourth-order valence-electron chi connectivity index (χ4n) is 2.98. The fraction of sp³-hybridized carbons (Fsp3) is 0.0833. The molecule has 1 saturated heterocycles. The molecule has 156 valence electrons. The first-order valence-corrected chi connectivity index (χ1v) is 10.7. The zero-order valence-electron chi connectivity index (χ0n) is 16.6. The fourth-order valence-corrected chi connectivity index (χ4v) is 4.28. The molecule has 3 aromatic rings. The van der Waals surface area contributed by atoms with E-state index in [1.54, 1.807) is 43.5 Å². The number of amides is 1. The number of thioether (sulfide) groups is 1. The lowest BCUT2D eigenvalue weighted by Crippen LogP contribution is -2.27. The summed E-state index contributed by atoms with van der Waals surface area (Å²) in [7, 11) is 1.59. The maximum atomic E-state index is 13.0. The highest BCUT2D eigenvalue weighted by Gasteiger charge is 2.33. The Hall–Kier alpha value is -3.16. The van der Waals surface area contributed by atoms with Crippen LogP contribution in [0.2, 0.25) is 0 Å². The summed E-state index contributed by atoms with van der Waals surface area (Å²) in [5, 5.41) is 0. The molecule has 0 radical (unpaired) electrons. The van der Waals surface area contributed by atoms with E-state index in [-0.39, 0.29) is 11.7 Å². The van der Waals surface area contributed by atoms with Crippen LogP contribution < -0.4 is 14.4 Å². The zero-order valence-corrected chi connectivity index (χ0v) is 18.2. The maximum absolute atomic E-state index is 13.0. The molecule has 4 rings (SSSR count). The van der Waals surface area contributed by atoms with Crippen LogP contribution in [0.15, 0.2) is 77.7 Å². The number of nitrogens with zero attached hydrogens (tertiary/aromatic N) is 1. The second-order valence-corrected chi connectivity index (χ2v) is 8.38. The molecule has 0 N–H and O–H groups in total. The van der Waals surface area contributed by atoms with E-state index in [9.17, 15) is 9.18 Å². The third-order valence-electron chi connectivity index (χ3n) is 4.62. The molecule has 1 fully saturated rings. The lowest BCUT2D eigenvalue weighted by atomic mass is 10.2. The van der Waals surface area contributed by atoms with Crippen LogP contribution in [0, 0.1) is 5.82 Å². The number of carbonyl (C=O) groups excluding carboxylic acids is 1. The van der Waals surface area contributed by atoms with Crippen molar-refractivity contribution in [2.45, 2.75) is 6.61 Å². The number of methoxy groups -OCH3 is 1. The Morgan fingerprint density at radius 3 is 2.26 bits per heavy atom. The average molecular weight is 452 g/mol. The van der Waals surface area contributed by atoms with E-state index >= 15 is 0 Å². The number of ether oxygens (including phenoxy) is 2. The minimum atomic E-state index is -0.273. The van der Waals surface area contributed by atoms with E-state index in [1.807, 2.05) is 30.3 Å². The quantitative estimate of drug-likeness (QED) is 0.349. The summed E-state index contributed by atoms with van der Waals surface area (Å²) in [5.74, 6) is 0.973. The van der Waals surface area contributed by atoms with Gasteiger partial charge in [0.2, 0.25) is 0 Å². The molecule has 1 amide bonds. The number of halogens is 1. The summed E-state index contributed by atoms with van der Waals surface area (Å²) >= 11 is 6.69. The largest absolute Gasteiger partial charge is 0.497 e. The minimum absolute atomic E-state index is 0.156. The van der Waals surface area contributed by atoms with Gasteiger partial charge in [-0.3, -0.25) is 9.69 Å². The van der Waals surface area contributed by atoms with Crippen molar-refractivity contribution in [2.24, 2.45) is 0 Å². The van der Waals surface area contributed by atoms with Gasteiger partial charge in [0.15, 0.2) is 4.32 Å². The SMILES string of the molecule is COc1ccc(N2C(=O)/C(=C\c3ccc(OCc4ccc(F)cc4)cc3)SC2=S)cc1. The number of rotatable bonds is 6. The molecule has 7 heteroatoms. The molecule has 1 heterocycles. The van der Waals surface area contributed by atoms with E-state index in [0.717, 1.165) is 11.1 Å². The van der Waals surface area contributed by atoms with Crippen molar-refractivity contribution in [3.05, 3.63) is 94.6 Å². The van der Waals surface area contributed by atoms with Gasteiger partial charge in [-0.15, -0.1) is 0 Å². The molecular formula is C24H18FNO3S2. The molecule has 0 aromatic heterocycles. The molecule has 31 heavy (non-hydrogen) atoms. The molecule has 0 unspecified atom stereocenters. The molecule has 1 aliphatic rings. The Morgan fingerprint density at radius 2 is 1.61 bits per heavy atom. The van der Waals surface area contributed by atoms with Crippen LogP contribution in [0.25, 0.3) is 6.08 Å². The third kappa shape index (κ3) is 4.95. The Balaban J connectivity index is 1.43. The topological polar surface area (TPSA) is 38.8 Å². The predicted octanol–water partition coefficient (Wildman–Crippen LogP) is 5.82. The van der Waals surface area contributed by atoms with Gasteiger partial charge in [-0.25, -0.2) is 4.39 Å². The molecule has 0 saturated carbocycles. The van der Waals surface area contributed by atoms with Crippen molar-refractivity contribution in [1.29, 1.82) is 0 Å². The Bertz CT molecular complexity index is 1130. The van der Waals surface area contributed by atoms with Crippen LogP contribution in [0.1, 0.15) is 11.1 Å². The first kappa shape index (κ1) is 21.1. The van der Waals surface area contributed by atoms with Gasteiger partial charge in [-0.2, -0.15) is 0 Å². The summed E-state index contributed by atoms with van der Waals surface area (Å²) in [4.78, 5) is 15.0. The number of anilines is 1.